The number of aromatic nitrogens is 4. The molecule has 1 aliphatic heterocycles. The van der Waals surface area contributed by atoms with Gasteiger partial charge in [0.15, 0.2) is 11.5 Å². The number of hydrogen-bond acceptors (Lipinski definition) is 7. The second-order valence-corrected chi connectivity index (χ2v) is 7.30. The van der Waals surface area contributed by atoms with Gasteiger partial charge in [-0.25, -0.2) is 19.3 Å². The molecule has 3 aromatic heterocycles. The van der Waals surface area contributed by atoms with Crippen LogP contribution in [0.3, 0.4) is 0 Å². The van der Waals surface area contributed by atoms with Crippen LogP contribution in [0.2, 0.25) is 0 Å². The Labute approximate surface area is 184 Å². The van der Waals surface area contributed by atoms with Crippen molar-refractivity contribution in [3.05, 3.63) is 36.2 Å². The molecule has 0 aromatic carbocycles. The van der Waals surface area contributed by atoms with Crippen molar-refractivity contribution in [3.63, 3.8) is 0 Å². The number of carbonyl (C=O) groups is 2. The van der Waals surface area contributed by atoms with E-state index in [-0.39, 0.29) is 36.3 Å². The highest BCUT2D eigenvalue weighted by Gasteiger charge is 2.34. The maximum Gasteiger partial charge on any atom is 0.419 e. The van der Waals surface area contributed by atoms with Gasteiger partial charge >= 0.3 is 12.3 Å². The summed E-state index contributed by atoms with van der Waals surface area (Å²) >= 11 is 0. The Hall–Kier alpha value is -3.94. The minimum absolute atomic E-state index is 0.109. The summed E-state index contributed by atoms with van der Waals surface area (Å²) in [5.74, 6) is -0.960. The average Bonchev–Trinajstić information content (AvgIpc) is 3.38. The molecular weight excluding hydrogens is 447 g/mol. The van der Waals surface area contributed by atoms with Gasteiger partial charge in [-0.2, -0.15) is 18.3 Å². The molecule has 1 fully saturated rings. The van der Waals surface area contributed by atoms with Crippen molar-refractivity contribution in [1.29, 1.82) is 0 Å². The molecule has 14 heteroatoms. The van der Waals surface area contributed by atoms with E-state index in [0.29, 0.717) is 18.6 Å². The smallest absolute Gasteiger partial charge is 0.419 e. The molecule has 174 valence electrons. The molecule has 2 amide bonds. The van der Waals surface area contributed by atoms with E-state index in [2.05, 4.69) is 20.4 Å². The number of ether oxygens (including phenoxy) is 1. The SMILES string of the molecule is Nc1ncc(-c2ccc3nc(NC(=O)COC4CCN(C(=O)O)C4)cn3n2)cc1C(F)(F)F. The Morgan fingerprint density at radius 1 is 1.33 bits per heavy atom. The number of imidazole rings is 1. The summed E-state index contributed by atoms with van der Waals surface area (Å²) in [5, 5.41) is 15.7. The summed E-state index contributed by atoms with van der Waals surface area (Å²) in [6, 6.07) is 3.86. The number of nitrogens with two attached hydrogens (primary N) is 1. The molecule has 0 bridgehead atoms. The number of anilines is 2. The molecule has 3 aromatic rings. The largest absolute Gasteiger partial charge is 0.465 e. The topological polar surface area (TPSA) is 148 Å². The van der Waals surface area contributed by atoms with Crippen LogP contribution in [0.25, 0.3) is 16.9 Å². The van der Waals surface area contributed by atoms with E-state index in [9.17, 15) is 22.8 Å². The number of nitrogens with one attached hydrogen (secondary N) is 1. The Bertz CT molecular complexity index is 1210. The van der Waals surface area contributed by atoms with Crippen LogP contribution in [0.1, 0.15) is 12.0 Å². The number of carbonyl (C=O) groups excluding carboxylic acids is 1. The monoisotopic (exact) mass is 465 g/mol. The number of fused-ring (bicyclic) bond motifs is 1. The first-order valence-corrected chi connectivity index (χ1v) is 9.69. The third-order valence-corrected chi connectivity index (χ3v) is 4.97. The average molecular weight is 465 g/mol. The van der Waals surface area contributed by atoms with Crippen LogP contribution in [-0.4, -0.2) is 67.4 Å². The van der Waals surface area contributed by atoms with Gasteiger partial charge in [-0.05, 0) is 24.6 Å². The first-order chi connectivity index (χ1) is 15.6. The van der Waals surface area contributed by atoms with Crippen molar-refractivity contribution >= 4 is 29.3 Å². The standard InChI is InChI=1S/C19H18F3N7O4/c20-19(21,22)12-5-10(6-24-17(12)23)13-1-2-15-25-14(8-29(15)27-13)26-16(30)9-33-11-3-4-28(7-11)18(31)32/h1-2,5-6,8,11H,3-4,7,9H2,(H2,23,24)(H,26,30)(H,31,32). The number of halogens is 3. The summed E-state index contributed by atoms with van der Waals surface area (Å²) in [5.41, 5.74) is 4.93. The van der Waals surface area contributed by atoms with Crippen LogP contribution in [0, 0.1) is 0 Å². The van der Waals surface area contributed by atoms with Gasteiger partial charge in [0.05, 0.1) is 30.1 Å². The summed E-state index contributed by atoms with van der Waals surface area (Å²) in [4.78, 5) is 32.1. The number of alkyl halides is 3. The third-order valence-electron chi connectivity index (χ3n) is 4.97. The zero-order valence-corrected chi connectivity index (χ0v) is 16.9. The van der Waals surface area contributed by atoms with Gasteiger partial charge < -0.3 is 25.8 Å². The molecule has 33 heavy (non-hydrogen) atoms. The maximum absolute atomic E-state index is 13.1. The van der Waals surface area contributed by atoms with Gasteiger partial charge in [-0.15, -0.1) is 0 Å². The summed E-state index contributed by atoms with van der Waals surface area (Å²) < 4.78 is 46.1. The quantitative estimate of drug-likeness (QED) is 0.519. The molecule has 0 radical (unpaired) electrons. The first-order valence-electron chi connectivity index (χ1n) is 9.69. The number of amides is 2. The molecule has 4 heterocycles. The number of likely N-dealkylation sites (tertiary alicyclic amines) is 1. The minimum atomic E-state index is -4.66. The molecule has 0 spiro atoms. The van der Waals surface area contributed by atoms with E-state index in [1.807, 2.05) is 0 Å². The molecule has 4 rings (SSSR count). The lowest BCUT2D eigenvalue weighted by atomic mass is 10.1. The van der Waals surface area contributed by atoms with E-state index in [0.717, 1.165) is 6.07 Å². The van der Waals surface area contributed by atoms with Crippen LogP contribution in [0.4, 0.5) is 29.6 Å². The van der Waals surface area contributed by atoms with E-state index in [1.165, 1.54) is 33.9 Å². The summed E-state index contributed by atoms with van der Waals surface area (Å²) in [6.45, 7) is 0.248. The normalized spacial score (nSPS) is 16.3. The molecule has 1 aliphatic rings. The van der Waals surface area contributed by atoms with Crippen LogP contribution in [0.5, 0.6) is 0 Å². The number of pyridine rings is 1. The van der Waals surface area contributed by atoms with Crippen molar-refractivity contribution < 1.29 is 32.6 Å². The molecule has 1 unspecified atom stereocenters. The first kappa shape index (κ1) is 22.3. The zero-order chi connectivity index (χ0) is 23.8. The highest BCUT2D eigenvalue weighted by atomic mass is 19.4. The molecule has 1 saturated heterocycles. The highest BCUT2D eigenvalue weighted by molar-refractivity contribution is 5.91. The fourth-order valence-corrected chi connectivity index (χ4v) is 3.35. The predicted octanol–water partition coefficient (Wildman–Crippen LogP) is 2.10. The summed E-state index contributed by atoms with van der Waals surface area (Å²) in [7, 11) is 0. The lowest BCUT2D eigenvalue weighted by molar-refractivity contribution is -0.137. The Morgan fingerprint density at radius 3 is 2.82 bits per heavy atom. The second kappa shape index (κ2) is 8.54. The van der Waals surface area contributed by atoms with Gasteiger partial charge in [0.25, 0.3) is 5.91 Å². The van der Waals surface area contributed by atoms with Crippen molar-refractivity contribution in [2.45, 2.75) is 18.7 Å². The van der Waals surface area contributed by atoms with Crippen molar-refractivity contribution in [1.82, 2.24) is 24.5 Å². The van der Waals surface area contributed by atoms with Gasteiger partial charge in [-0.3, -0.25) is 4.79 Å². The number of carboxylic acid groups (broad SMARTS) is 1. The minimum Gasteiger partial charge on any atom is -0.465 e. The predicted molar refractivity (Wildman–Crippen MR) is 108 cm³/mol. The number of hydrogen-bond donors (Lipinski definition) is 3. The van der Waals surface area contributed by atoms with E-state index in [4.69, 9.17) is 15.6 Å². The molecule has 4 N–H and O–H groups in total. The lowest BCUT2D eigenvalue weighted by Crippen LogP contribution is -2.29. The number of rotatable bonds is 5. The van der Waals surface area contributed by atoms with Crippen molar-refractivity contribution in [2.75, 3.05) is 30.7 Å². The molecule has 1 atom stereocenters. The molecule has 0 aliphatic carbocycles. The number of nitrogen functional groups attached to an aromatic ring is 1. The Kier molecular flexibility index (Phi) is 5.76. The molecule has 0 saturated carbocycles. The van der Waals surface area contributed by atoms with Crippen LogP contribution in [0.15, 0.2) is 30.6 Å². The van der Waals surface area contributed by atoms with Crippen LogP contribution >= 0.6 is 0 Å². The maximum atomic E-state index is 13.1. The van der Waals surface area contributed by atoms with E-state index < -0.39 is 29.6 Å². The summed E-state index contributed by atoms with van der Waals surface area (Å²) in [6.07, 6.45) is -2.98. The van der Waals surface area contributed by atoms with E-state index in [1.54, 1.807) is 0 Å². The third kappa shape index (κ3) is 4.95. The number of nitrogens with zero attached hydrogens (tertiary/aromatic N) is 5. The van der Waals surface area contributed by atoms with Gasteiger partial charge in [-0.1, -0.05) is 0 Å². The Morgan fingerprint density at radius 2 is 2.12 bits per heavy atom. The molecular formula is C19H18F3N7O4. The highest BCUT2D eigenvalue weighted by Crippen LogP contribution is 2.34. The fourth-order valence-electron chi connectivity index (χ4n) is 3.35. The van der Waals surface area contributed by atoms with Crippen molar-refractivity contribution in [3.8, 4) is 11.3 Å². The van der Waals surface area contributed by atoms with Gasteiger partial charge in [0.2, 0.25) is 0 Å². The molecule has 11 nitrogen and oxygen atoms in total. The lowest BCUT2D eigenvalue weighted by Gasteiger charge is -2.12. The zero-order valence-electron chi connectivity index (χ0n) is 16.9. The van der Waals surface area contributed by atoms with Crippen molar-refractivity contribution in [2.24, 2.45) is 0 Å². The second-order valence-electron chi connectivity index (χ2n) is 7.30. The van der Waals surface area contributed by atoms with Gasteiger partial charge in [0.1, 0.15) is 12.4 Å². The fraction of sp³-hybridized carbons (Fsp3) is 0.316. The Balaban J connectivity index is 1.43. The van der Waals surface area contributed by atoms with Gasteiger partial charge in [0, 0.05) is 18.3 Å². The van der Waals surface area contributed by atoms with Crippen LogP contribution < -0.4 is 11.1 Å². The van der Waals surface area contributed by atoms with Crippen LogP contribution in [-0.2, 0) is 15.7 Å². The van der Waals surface area contributed by atoms with E-state index >= 15 is 0 Å².